The van der Waals surface area contributed by atoms with Crippen LogP contribution in [0.25, 0.3) is 0 Å². The molecule has 0 fully saturated rings. The van der Waals surface area contributed by atoms with E-state index >= 15 is 0 Å². The van der Waals surface area contributed by atoms with Crippen LogP contribution in [0.5, 0.6) is 11.6 Å². The molecule has 0 radical (unpaired) electrons. The molecular weight excluding hydrogens is 210 g/mol. The number of hydrogen-bond acceptors (Lipinski definition) is 6. The lowest BCUT2D eigenvalue weighted by Crippen LogP contribution is -1.98. The normalized spacial score (nSPS) is 10.1. The molecule has 0 unspecified atom stereocenters. The summed E-state index contributed by atoms with van der Waals surface area (Å²) in [5.41, 5.74) is 1.40. The van der Waals surface area contributed by atoms with E-state index in [1.54, 1.807) is 25.4 Å². The molecule has 0 saturated heterocycles. The molecule has 6 heteroatoms. The van der Waals surface area contributed by atoms with Crippen molar-refractivity contribution < 1.29 is 14.1 Å². The van der Waals surface area contributed by atoms with Crippen LogP contribution in [-0.2, 0) is 6.61 Å². The first kappa shape index (κ1) is 10.4. The molecule has 16 heavy (non-hydrogen) atoms. The standard InChI is InChI=1S/C10H11N3O3/c1-7-9(13-16-12-7)6-15-8-3-4-10(14-2)11-5-8/h3-5H,6H2,1-2H3. The molecular formula is C10H11N3O3. The van der Waals surface area contributed by atoms with E-state index in [9.17, 15) is 0 Å². The zero-order valence-corrected chi connectivity index (χ0v) is 9.01. The van der Waals surface area contributed by atoms with Crippen molar-refractivity contribution in [1.82, 2.24) is 15.3 Å². The van der Waals surface area contributed by atoms with E-state index in [1.165, 1.54) is 0 Å². The van der Waals surface area contributed by atoms with Crippen LogP contribution in [-0.4, -0.2) is 22.4 Å². The minimum atomic E-state index is 0.309. The van der Waals surface area contributed by atoms with E-state index in [0.29, 0.717) is 23.9 Å². The molecule has 2 rings (SSSR count). The number of aryl methyl sites for hydroxylation is 1. The summed E-state index contributed by atoms with van der Waals surface area (Å²) in [7, 11) is 1.56. The summed E-state index contributed by atoms with van der Waals surface area (Å²) in [6.07, 6.45) is 1.58. The van der Waals surface area contributed by atoms with Crippen molar-refractivity contribution in [3.63, 3.8) is 0 Å². The van der Waals surface area contributed by atoms with Gasteiger partial charge in [0.1, 0.15) is 23.7 Å². The maximum absolute atomic E-state index is 5.45. The van der Waals surface area contributed by atoms with Crippen LogP contribution in [0, 0.1) is 6.92 Å². The Hall–Kier alpha value is -2.11. The fraction of sp³-hybridized carbons (Fsp3) is 0.300. The SMILES string of the molecule is COc1ccc(OCc2nonc2C)cn1. The van der Waals surface area contributed by atoms with Gasteiger partial charge in [0.2, 0.25) is 5.88 Å². The lowest BCUT2D eigenvalue weighted by atomic mass is 10.4. The van der Waals surface area contributed by atoms with Gasteiger partial charge >= 0.3 is 0 Å². The number of ether oxygens (including phenoxy) is 2. The van der Waals surface area contributed by atoms with Crippen molar-refractivity contribution in [2.75, 3.05) is 7.11 Å². The van der Waals surface area contributed by atoms with Crippen LogP contribution in [0.3, 0.4) is 0 Å². The molecule has 0 amide bonds. The molecule has 0 N–H and O–H groups in total. The van der Waals surface area contributed by atoms with E-state index in [4.69, 9.17) is 9.47 Å². The summed E-state index contributed by atoms with van der Waals surface area (Å²) in [5.74, 6) is 1.19. The highest BCUT2D eigenvalue weighted by atomic mass is 16.6. The van der Waals surface area contributed by atoms with Gasteiger partial charge in [-0.3, -0.25) is 0 Å². The van der Waals surface area contributed by atoms with Gasteiger partial charge in [0, 0.05) is 6.07 Å². The molecule has 0 spiro atoms. The third-order valence-electron chi connectivity index (χ3n) is 2.04. The predicted molar refractivity (Wildman–Crippen MR) is 54.2 cm³/mol. The zero-order valence-electron chi connectivity index (χ0n) is 9.01. The second kappa shape index (κ2) is 4.61. The Balaban J connectivity index is 1.97. The Kier molecular flexibility index (Phi) is 3.00. The fourth-order valence-corrected chi connectivity index (χ4v) is 1.11. The second-order valence-electron chi connectivity index (χ2n) is 3.12. The zero-order chi connectivity index (χ0) is 11.4. The summed E-state index contributed by atoms with van der Waals surface area (Å²) in [6, 6.07) is 3.50. The van der Waals surface area contributed by atoms with Crippen LogP contribution in [0.2, 0.25) is 0 Å². The molecule has 0 aliphatic rings. The highest BCUT2D eigenvalue weighted by Crippen LogP contribution is 2.14. The van der Waals surface area contributed by atoms with Crippen LogP contribution in [0.4, 0.5) is 0 Å². The van der Waals surface area contributed by atoms with E-state index < -0.39 is 0 Å². The van der Waals surface area contributed by atoms with Gasteiger partial charge in [-0.25, -0.2) is 9.61 Å². The van der Waals surface area contributed by atoms with Gasteiger partial charge < -0.3 is 9.47 Å². The summed E-state index contributed by atoms with van der Waals surface area (Å²) < 4.78 is 14.9. The van der Waals surface area contributed by atoms with Gasteiger partial charge in [-0.05, 0) is 13.0 Å². The van der Waals surface area contributed by atoms with Gasteiger partial charge in [0.05, 0.1) is 13.3 Å². The van der Waals surface area contributed by atoms with E-state index in [-0.39, 0.29) is 0 Å². The van der Waals surface area contributed by atoms with Gasteiger partial charge in [0.15, 0.2) is 0 Å². The molecule has 84 valence electrons. The van der Waals surface area contributed by atoms with Crippen LogP contribution < -0.4 is 9.47 Å². The van der Waals surface area contributed by atoms with Crippen LogP contribution in [0.15, 0.2) is 23.0 Å². The smallest absolute Gasteiger partial charge is 0.213 e. The van der Waals surface area contributed by atoms with Gasteiger partial charge in [-0.15, -0.1) is 0 Å². The molecule has 0 atom stereocenters. The molecule has 2 aromatic heterocycles. The van der Waals surface area contributed by atoms with Crippen molar-refractivity contribution in [2.45, 2.75) is 13.5 Å². The van der Waals surface area contributed by atoms with Crippen molar-refractivity contribution in [3.05, 3.63) is 29.7 Å². The second-order valence-corrected chi connectivity index (χ2v) is 3.12. The highest BCUT2D eigenvalue weighted by Gasteiger charge is 2.05. The number of pyridine rings is 1. The largest absolute Gasteiger partial charge is 0.485 e. The summed E-state index contributed by atoms with van der Waals surface area (Å²) in [6.45, 7) is 2.12. The molecule has 0 aromatic carbocycles. The summed E-state index contributed by atoms with van der Waals surface area (Å²) >= 11 is 0. The Bertz CT molecular complexity index is 453. The van der Waals surface area contributed by atoms with Gasteiger partial charge in [-0.1, -0.05) is 10.3 Å². The van der Waals surface area contributed by atoms with Gasteiger partial charge in [-0.2, -0.15) is 0 Å². The minimum Gasteiger partial charge on any atom is -0.485 e. The number of hydrogen-bond donors (Lipinski definition) is 0. The average Bonchev–Trinajstić information content (AvgIpc) is 2.73. The molecule has 0 saturated carbocycles. The predicted octanol–water partition coefficient (Wildman–Crippen LogP) is 1.36. The third-order valence-corrected chi connectivity index (χ3v) is 2.04. The molecule has 0 aliphatic heterocycles. The third kappa shape index (κ3) is 2.28. The maximum Gasteiger partial charge on any atom is 0.213 e. The number of nitrogens with zero attached hydrogens (tertiary/aromatic N) is 3. The van der Waals surface area contributed by atoms with E-state index in [2.05, 4.69) is 19.9 Å². The van der Waals surface area contributed by atoms with E-state index in [0.717, 1.165) is 5.69 Å². The molecule has 0 aliphatic carbocycles. The van der Waals surface area contributed by atoms with Crippen LogP contribution in [0.1, 0.15) is 11.4 Å². The molecule has 0 bridgehead atoms. The van der Waals surface area contributed by atoms with Crippen molar-refractivity contribution in [1.29, 1.82) is 0 Å². The Labute approximate surface area is 92.2 Å². The lowest BCUT2D eigenvalue weighted by molar-refractivity contribution is 0.269. The summed E-state index contributed by atoms with van der Waals surface area (Å²) in [5, 5.41) is 7.36. The topological polar surface area (TPSA) is 70.3 Å². The number of rotatable bonds is 4. The average molecular weight is 221 g/mol. The quantitative estimate of drug-likeness (QED) is 0.776. The van der Waals surface area contributed by atoms with Crippen molar-refractivity contribution in [2.24, 2.45) is 0 Å². The first-order valence-corrected chi connectivity index (χ1v) is 4.70. The van der Waals surface area contributed by atoms with Gasteiger partial charge in [0.25, 0.3) is 0 Å². The van der Waals surface area contributed by atoms with E-state index in [1.807, 2.05) is 6.92 Å². The minimum absolute atomic E-state index is 0.309. The maximum atomic E-state index is 5.45. The Morgan fingerprint density at radius 1 is 1.31 bits per heavy atom. The van der Waals surface area contributed by atoms with Crippen molar-refractivity contribution in [3.8, 4) is 11.6 Å². The summed E-state index contributed by atoms with van der Waals surface area (Å²) in [4.78, 5) is 4.01. The highest BCUT2D eigenvalue weighted by molar-refractivity contribution is 5.23. The number of aromatic nitrogens is 3. The first-order valence-electron chi connectivity index (χ1n) is 4.70. The molecule has 2 aromatic rings. The monoisotopic (exact) mass is 221 g/mol. The van der Waals surface area contributed by atoms with Crippen LogP contribution >= 0.6 is 0 Å². The first-order chi connectivity index (χ1) is 7.79. The Morgan fingerprint density at radius 3 is 2.75 bits per heavy atom. The molecule has 6 nitrogen and oxygen atoms in total. The van der Waals surface area contributed by atoms with Crippen molar-refractivity contribution >= 4 is 0 Å². The lowest BCUT2D eigenvalue weighted by Gasteiger charge is -2.04. The molecule has 2 heterocycles. The number of methoxy groups -OCH3 is 1. The fourth-order valence-electron chi connectivity index (χ4n) is 1.11. The Morgan fingerprint density at radius 2 is 2.19 bits per heavy atom.